The second-order valence-corrected chi connectivity index (χ2v) is 19.9. The quantitative estimate of drug-likeness (QED) is 0.105. The molecular formula is C44H58O6Si. The first-order valence-electron chi connectivity index (χ1n) is 18.4. The molecule has 1 heterocycles. The molecule has 5 rings (SSSR count). The molecule has 4 atom stereocenters. The Hall–Kier alpha value is -3.30. The highest BCUT2D eigenvalue weighted by atomic mass is 28.4. The third-order valence-electron chi connectivity index (χ3n) is 10.4. The van der Waals surface area contributed by atoms with Gasteiger partial charge < -0.3 is 28.5 Å². The fourth-order valence-corrected chi connectivity index (χ4v) is 11.9. The largest absolute Gasteiger partial charge is 0.497 e. The van der Waals surface area contributed by atoms with Gasteiger partial charge in [-0.3, -0.25) is 0 Å². The van der Waals surface area contributed by atoms with Crippen molar-refractivity contribution < 1.29 is 28.5 Å². The summed E-state index contributed by atoms with van der Waals surface area (Å²) in [5.74, 6) is 0.817. The smallest absolute Gasteiger partial charge is 0.261 e. The lowest BCUT2D eigenvalue weighted by Gasteiger charge is -2.44. The molecule has 0 radical (unpaired) electrons. The molecule has 274 valence electrons. The van der Waals surface area contributed by atoms with Gasteiger partial charge in [0.2, 0.25) is 0 Å². The van der Waals surface area contributed by atoms with E-state index >= 15 is 0 Å². The SMILES string of the molecule is COc1ccc(CO[C@](C)(CCO[Si](c2ccccc2)(c2ccccc2)C(C)(C)C)CC[C@@H](O)[C@H]2CC[C@](C)(COCc3ccccc3)O2)cc1. The minimum atomic E-state index is -2.71. The van der Waals surface area contributed by atoms with Crippen LogP contribution in [0.25, 0.3) is 0 Å². The van der Waals surface area contributed by atoms with Crippen LogP contribution in [0.15, 0.2) is 115 Å². The Bertz CT molecular complexity index is 1550. The molecule has 4 aromatic carbocycles. The maximum Gasteiger partial charge on any atom is 0.261 e. The molecule has 1 fully saturated rings. The van der Waals surface area contributed by atoms with Gasteiger partial charge in [-0.15, -0.1) is 0 Å². The van der Waals surface area contributed by atoms with Crippen LogP contribution in [-0.4, -0.2) is 57.2 Å². The summed E-state index contributed by atoms with van der Waals surface area (Å²) in [4.78, 5) is 0. The van der Waals surface area contributed by atoms with Crippen molar-refractivity contribution in [3.63, 3.8) is 0 Å². The van der Waals surface area contributed by atoms with E-state index in [1.807, 2.05) is 42.5 Å². The van der Waals surface area contributed by atoms with E-state index in [4.69, 9.17) is 23.4 Å². The molecule has 4 aromatic rings. The first-order chi connectivity index (χ1) is 24.5. The van der Waals surface area contributed by atoms with Crippen LogP contribution in [0.1, 0.15) is 77.8 Å². The molecule has 6 nitrogen and oxygen atoms in total. The highest BCUT2D eigenvalue weighted by molar-refractivity contribution is 6.99. The Balaban J connectivity index is 1.27. The number of aliphatic hydroxyl groups is 1. The van der Waals surface area contributed by atoms with Gasteiger partial charge in [0.05, 0.1) is 50.3 Å². The summed E-state index contributed by atoms with van der Waals surface area (Å²) in [5.41, 5.74) is 1.25. The van der Waals surface area contributed by atoms with E-state index in [1.165, 1.54) is 10.4 Å². The number of ether oxygens (including phenoxy) is 4. The first kappa shape index (κ1) is 38.9. The molecule has 0 unspecified atom stereocenters. The average Bonchev–Trinajstić information content (AvgIpc) is 3.54. The minimum absolute atomic E-state index is 0.122. The van der Waals surface area contributed by atoms with Crippen molar-refractivity contribution in [2.24, 2.45) is 0 Å². The molecule has 0 spiro atoms. The zero-order valence-corrected chi connectivity index (χ0v) is 32.5. The molecule has 0 aliphatic carbocycles. The van der Waals surface area contributed by atoms with Crippen LogP contribution in [0.2, 0.25) is 5.04 Å². The summed E-state index contributed by atoms with van der Waals surface area (Å²) < 4.78 is 32.0. The molecule has 0 amide bonds. The highest BCUT2D eigenvalue weighted by Crippen LogP contribution is 2.38. The van der Waals surface area contributed by atoms with Crippen molar-refractivity contribution >= 4 is 18.7 Å². The monoisotopic (exact) mass is 710 g/mol. The van der Waals surface area contributed by atoms with Crippen molar-refractivity contribution in [2.45, 2.75) is 108 Å². The summed E-state index contributed by atoms with van der Waals surface area (Å²) >= 11 is 0. The second-order valence-electron chi connectivity index (χ2n) is 15.6. The topological polar surface area (TPSA) is 66.4 Å². The summed E-state index contributed by atoms with van der Waals surface area (Å²) in [6.45, 7) is 13.2. The second kappa shape index (κ2) is 17.5. The van der Waals surface area contributed by atoms with Gasteiger partial charge in [-0.25, -0.2) is 0 Å². The van der Waals surface area contributed by atoms with Crippen LogP contribution >= 0.6 is 0 Å². The van der Waals surface area contributed by atoms with Crippen molar-refractivity contribution in [1.82, 2.24) is 0 Å². The first-order valence-corrected chi connectivity index (χ1v) is 20.4. The fourth-order valence-electron chi connectivity index (χ4n) is 7.34. The predicted octanol–water partition coefficient (Wildman–Crippen LogP) is 8.23. The van der Waals surface area contributed by atoms with Crippen molar-refractivity contribution in [2.75, 3.05) is 20.3 Å². The molecule has 1 aliphatic heterocycles. The number of rotatable bonds is 18. The maximum atomic E-state index is 11.5. The molecule has 1 aliphatic rings. The van der Waals surface area contributed by atoms with Gasteiger partial charge in [-0.1, -0.05) is 124 Å². The number of aliphatic hydroxyl groups excluding tert-OH is 1. The predicted molar refractivity (Wildman–Crippen MR) is 208 cm³/mol. The number of hydrogen-bond donors (Lipinski definition) is 1. The third kappa shape index (κ3) is 10.2. The Morgan fingerprint density at radius 2 is 1.35 bits per heavy atom. The molecule has 0 saturated carbocycles. The molecular weight excluding hydrogens is 653 g/mol. The van der Waals surface area contributed by atoms with E-state index in [0.717, 1.165) is 29.7 Å². The van der Waals surface area contributed by atoms with E-state index in [0.29, 0.717) is 45.7 Å². The van der Waals surface area contributed by atoms with Crippen molar-refractivity contribution in [1.29, 1.82) is 0 Å². The van der Waals surface area contributed by atoms with Crippen LogP contribution in [0.5, 0.6) is 5.75 Å². The molecule has 1 saturated heterocycles. The summed E-state index contributed by atoms with van der Waals surface area (Å²) in [7, 11) is -1.04. The number of hydrogen-bond acceptors (Lipinski definition) is 6. The Morgan fingerprint density at radius 1 is 0.784 bits per heavy atom. The van der Waals surface area contributed by atoms with Crippen molar-refractivity contribution in [3.8, 4) is 5.75 Å². The van der Waals surface area contributed by atoms with E-state index in [9.17, 15) is 5.11 Å². The van der Waals surface area contributed by atoms with Gasteiger partial charge in [0.25, 0.3) is 8.32 Å². The zero-order chi connectivity index (χ0) is 36.4. The zero-order valence-electron chi connectivity index (χ0n) is 31.5. The van der Waals surface area contributed by atoms with Crippen LogP contribution < -0.4 is 15.1 Å². The number of methoxy groups -OCH3 is 1. The minimum Gasteiger partial charge on any atom is -0.497 e. The van der Waals surface area contributed by atoms with Crippen LogP contribution in [0, 0.1) is 0 Å². The van der Waals surface area contributed by atoms with E-state index in [-0.39, 0.29) is 11.1 Å². The highest BCUT2D eigenvalue weighted by Gasteiger charge is 2.50. The Labute approximate surface area is 307 Å². The molecule has 1 N–H and O–H groups in total. The van der Waals surface area contributed by atoms with Crippen LogP contribution in [0.4, 0.5) is 0 Å². The van der Waals surface area contributed by atoms with E-state index < -0.39 is 25.6 Å². The Kier molecular flexibility index (Phi) is 13.3. The summed E-state index contributed by atoms with van der Waals surface area (Å²) in [6.07, 6.45) is 2.70. The molecule has 7 heteroatoms. The lowest BCUT2D eigenvalue weighted by molar-refractivity contribution is -0.121. The van der Waals surface area contributed by atoms with Crippen molar-refractivity contribution in [3.05, 3.63) is 126 Å². The van der Waals surface area contributed by atoms with Crippen LogP contribution in [0.3, 0.4) is 0 Å². The van der Waals surface area contributed by atoms with Crippen LogP contribution in [-0.2, 0) is 31.9 Å². The van der Waals surface area contributed by atoms with Gasteiger partial charge in [-0.2, -0.15) is 0 Å². The molecule has 0 bridgehead atoms. The normalized spacial score (nSPS) is 19.8. The van der Waals surface area contributed by atoms with Gasteiger partial charge >= 0.3 is 0 Å². The molecule has 51 heavy (non-hydrogen) atoms. The molecule has 0 aromatic heterocycles. The third-order valence-corrected chi connectivity index (χ3v) is 15.5. The van der Waals surface area contributed by atoms with E-state index in [2.05, 4.69) is 107 Å². The Morgan fingerprint density at radius 3 is 1.92 bits per heavy atom. The lowest BCUT2D eigenvalue weighted by atomic mass is 9.92. The summed E-state index contributed by atoms with van der Waals surface area (Å²) in [5, 5.41) is 13.9. The van der Waals surface area contributed by atoms with Gasteiger partial charge in [0.1, 0.15) is 5.75 Å². The summed E-state index contributed by atoms with van der Waals surface area (Å²) in [6, 6.07) is 39.7. The number of benzene rings is 4. The van der Waals surface area contributed by atoms with Gasteiger partial charge in [-0.05, 0) is 84.6 Å². The standard InChI is InChI=1S/C44H58O6Si/c1-42(2,3)51(38-18-12-8-13-19-38,39-20-14-9-15-21-39)49-31-30-43(4,48-33-36-22-24-37(46-6)25-23-36)28-26-40(45)41-27-29-44(5,50-41)34-47-32-35-16-10-7-11-17-35/h7-25,40-41,45H,26-34H2,1-6H3/t40-,41-,43+,44-/m1/s1. The van der Waals surface area contributed by atoms with Gasteiger partial charge in [0.15, 0.2) is 0 Å². The fraction of sp³-hybridized carbons (Fsp3) is 0.455. The maximum absolute atomic E-state index is 11.5. The lowest BCUT2D eigenvalue weighted by Crippen LogP contribution is -2.66. The van der Waals surface area contributed by atoms with Gasteiger partial charge in [0, 0.05) is 6.61 Å². The average molecular weight is 711 g/mol. The van der Waals surface area contributed by atoms with E-state index in [1.54, 1.807) is 7.11 Å².